The Bertz CT molecular complexity index is 323. The van der Waals surface area contributed by atoms with E-state index in [0.29, 0.717) is 0 Å². The number of rotatable bonds is 4. The Hall–Kier alpha value is -1.00. The molecular weight excluding hydrogens is 210 g/mol. The van der Waals surface area contributed by atoms with Gasteiger partial charge in [-0.25, -0.2) is 0 Å². The molecule has 1 N–H and O–H groups in total. The van der Waals surface area contributed by atoms with Crippen molar-refractivity contribution in [2.45, 2.75) is 5.37 Å². The highest BCUT2D eigenvalue weighted by atomic mass is 32.2. The van der Waals surface area contributed by atoms with Gasteiger partial charge in [0.05, 0.1) is 0 Å². The molecule has 1 aromatic rings. The van der Waals surface area contributed by atoms with Crippen LogP contribution in [0.5, 0.6) is 5.75 Å². The average Bonchev–Trinajstić information content (AvgIpc) is 2.81. The Labute approximate surface area is 93.2 Å². The zero-order chi connectivity index (χ0) is 10.5. The minimum atomic E-state index is -0.0753. The number of hydrogen-bond acceptors (Lipinski definition) is 4. The maximum atomic E-state index is 11.6. The first-order chi connectivity index (χ1) is 7.36. The van der Waals surface area contributed by atoms with Gasteiger partial charge in [-0.1, -0.05) is 18.2 Å². The monoisotopic (exact) mass is 223 g/mol. The molecule has 15 heavy (non-hydrogen) atoms. The quantitative estimate of drug-likeness (QED) is 0.835. The first-order valence-corrected chi connectivity index (χ1v) is 5.97. The largest absolute Gasteiger partial charge is 0.486 e. The first kappa shape index (κ1) is 10.5. The molecule has 1 aliphatic rings. The van der Waals surface area contributed by atoms with Crippen LogP contribution in [0.4, 0.5) is 0 Å². The van der Waals surface area contributed by atoms with Gasteiger partial charge >= 0.3 is 0 Å². The molecule has 80 valence electrons. The van der Waals surface area contributed by atoms with E-state index in [-0.39, 0.29) is 17.8 Å². The number of thioether (sulfide) groups is 1. The highest BCUT2D eigenvalue weighted by molar-refractivity contribution is 8.00. The lowest BCUT2D eigenvalue weighted by Crippen LogP contribution is -2.32. The van der Waals surface area contributed by atoms with Crippen molar-refractivity contribution >= 4 is 17.5 Å². The Morgan fingerprint density at radius 1 is 1.47 bits per heavy atom. The molecule has 1 heterocycles. The summed E-state index contributed by atoms with van der Waals surface area (Å²) in [6.45, 7) is 1.06. The van der Waals surface area contributed by atoms with Crippen molar-refractivity contribution in [2.24, 2.45) is 0 Å². The van der Waals surface area contributed by atoms with E-state index in [1.165, 1.54) is 0 Å². The topological polar surface area (TPSA) is 38.3 Å². The number of hydrogen-bond donors (Lipinski definition) is 1. The van der Waals surface area contributed by atoms with E-state index in [9.17, 15) is 4.79 Å². The van der Waals surface area contributed by atoms with Gasteiger partial charge in [0.2, 0.25) is 0 Å². The Kier molecular flexibility index (Phi) is 3.64. The number of Topliss-reactive ketones (excluding diaryl/α,β-unsaturated/α-hetero) is 1. The van der Waals surface area contributed by atoms with Crippen LogP contribution in [0.3, 0.4) is 0 Å². The highest BCUT2D eigenvalue weighted by Gasteiger charge is 2.22. The van der Waals surface area contributed by atoms with Crippen molar-refractivity contribution in [1.82, 2.24) is 5.32 Å². The van der Waals surface area contributed by atoms with Gasteiger partial charge in [0, 0.05) is 12.3 Å². The summed E-state index contributed by atoms with van der Waals surface area (Å²) in [6.07, 6.45) is 0. The van der Waals surface area contributed by atoms with Crippen LogP contribution in [0.15, 0.2) is 30.3 Å². The van der Waals surface area contributed by atoms with Gasteiger partial charge in [-0.2, -0.15) is 0 Å². The molecule has 4 heteroatoms. The standard InChI is InChI=1S/C11H13NO2S/c13-10(11-12-6-7-15-11)8-14-9-4-2-1-3-5-9/h1-5,11-12H,6-8H2. The maximum absolute atomic E-state index is 11.6. The molecular formula is C11H13NO2S. The molecule has 0 bridgehead atoms. The Morgan fingerprint density at radius 3 is 2.93 bits per heavy atom. The molecule has 1 atom stereocenters. The summed E-state index contributed by atoms with van der Waals surface area (Å²) in [5.74, 6) is 1.86. The average molecular weight is 223 g/mol. The lowest BCUT2D eigenvalue weighted by Gasteiger charge is -2.09. The maximum Gasteiger partial charge on any atom is 0.197 e. The van der Waals surface area contributed by atoms with Crippen LogP contribution in [0.2, 0.25) is 0 Å². The smallest absolute Gasteiger partial charge is 0.197 e. The van der Waals surface area contributed by atoms with Crippen molar-refractivity contribution in [3.63, 3.8) is 0 Å². The van der Waals surface area contributed by atoms with E-state index >= 15 is 0 Å². The molecule has 0 aliphatic carbocycles. The minimum Gasteiger partial charge on any atom is -0.486 e. The number of nitrogens with one attached hydrogen (secondary N) is 1. The van der Waals surface area contributed by atoms with Gasteiger partial charge in [0.25, 0.3) is 0 Å². The summed E-state index contributed by atoms with van der Waals surface area (Å²) in [6, 6.07) is 9.40. The van der Waals surface area contributed by atoms with E-state index in [2.05, 4.69) is 5.32 Å². The van der Waals surface area contributed by atoms with Crippen LogP contribution in [0.1, 0.15) is 0 Å². The summed E-state index contributed by atoms with van der Waals surface area (Å²) in [5.41, 5.74) is 0. The zero-order valence-corrected chi connectivity index (χ0v) is 9.13. The van der Waals surface area contributed by atoms with E-state index < -0.39 is 0 Å². The van der Waals surface area contributed by atoms with Crippen LogP contribution < -0.4 is 10.1 Å². The van der Waals surface area contributed by atoms with Gasteiger partial charge < -0.3 is 4.74 Å². The summed E-state index contributed by atoms with van der Waals surface area (Å²) >= 11 is 1.64. The fourth-order valence-corrected chi connectivity index (χ4v) is 2.34. The molecule has 1 aliphatic heterocycles. The molecule has 0 amide bonds. The molecule has 1 unspecified atom stereocenters. The summed E-state index contributed by atoms with van der Waals surface area (Å²) < 4.78 is 5.38. The van der Waals surface area contributed by atoms with Crippen LogP contribution in [-0.4, -0.2) is 30.1 Å². The van der Waals surface area contributed by atoms with Gasteiger partial charge in [0.15, 0.2) is 5.78 Å². The molecule has 1 fully saturated rings. The lowest BCUT2D eigenvalue weighted by atomic mass is 10.3. The van der Waals surface area contributed by atoms with Gasteiger partial charge in [0.1, 0.15) is 17.7 Å². The van der Waals surface area contributed by atoms with Crippen molar-refractivity contribution in [2.75, 3.05) is 18.9 Å². The third-order valence-electron chi connectivity index (χ3n) is 2.13. The van der Waals surface area contributed by atoms with Gasteiger partial charge in [-0.3, -0.25) is 10.1 Å². The molecule has 2 rings (SSSR count). The molecule has 0 saturated carbocycles. The summed E-state index contributed by atoms with van der Waals surface area (Å²) in [7, 11) is 0. The fourth-order valence-electron chi connectivity index (χ4n) is 1.38. The second kappa shape index (κ2) is 5.19. The summed E-state index contributed by atoms with van der Waals surface area (Å²) in [4.78, 5) is 11.6. The number of carbonyl (C=O) groups excluding carboxylic acids is 1. The fraction of sp³-hybridized carbons (Fsp3) is 0.364. The third-order valence-corrected chi connectivity index (χ3v) is 3.34. The van der Waals surface area contributed by atoms with Crippen molar-refractivity contribution in [3.05, 3.63) is 30.3 Å². The summed E-state index contributed by atoms with van der Waals surface area (Å²) in [5, 5.41) is 3.05. The van der Waals surface area contributed by atoms with E-state index in [0.717, 1.165) is 18.0 Å². The third kappa shape index (κ3) is 2.97. The van der Waals surface area contributed by atoms with Gasteiger partial charge in [-0.15, -0.1) is 11.8 Å². The van der Waals surface area contributed by atoms with Gasteiger partial charge in [-0.05, 0) is 12.1 Å². The first-order valence-electron chi connectivity index (χ1n) is 4.92. The van der Waals surface area contributed by atoms with Crippen molar-refractivity contribution < 1.29 is 9.53 Å². The molecule has 1 aromatic carbocycles. The SMILES string of the molecule is O=C(COc1ccccc1)C1NCCS1. The second-order valence-electron chi connectivity index (χ2n) is 3.27. The number of ether oxygens (including phenoxy) is 1. The number of benzene rings is 1. The van der Waals surface area contributed by atoms with Crippen LogP contribution in [0, 0.1) is 0 Å². The number of ketones is 1. The Balaban J connectivity index is 1.80. The molecule has 0 spiro atoms. The molecule has 0 radical (unpaired) electrons. The van der Waals surface area contributed by atoms with E-state index in [1.54, 1.807) is 11.8 Å². The molecule has 3 nitrogen and oxygen atoms in total. The predicted molar refractivity (Wildman–Crippen MR) is 61.2 cm³/mol. The normalized spacial score (nSPS) is 20.1. The predicted octanol–water partition coefficient (Wildman–Crippen LogP) is 1.30. The Morgan fingerprint density at radius 2 is 2.27 bits per heavy atom. The van der Waals surface area contributed by atoms with Crippen LogP contribution in [-0.2, 0) is 4.79 Å². The van der Waals surface area contributed by atoms with Crippen LogP contribution in [0.25, 0.3) is 0 Å². The molecule has 1 saturated heterocycles. The minimum absolute atomic E-state index is 0.0753. The molecule has 0 aromatic heterocycles. The highest BCUT2D eigenvalue weighted by Crippen LogP contribution is 2.15. The zero-order valence-electron chi connectivity index (χ0n) is 8.31. The van der Waals surface area contributed by atoms with E-state index in [1.807, 2.05) is 30.3 Å². The number of carbonyl (C=O) groups is 1. The second-order valence-corrected chi connectivity index (χ2v) is 4.49. The number of para-hydroxylation sites is 1. The van der Waals surface area contributed by atoms with Crippen molar-refractivity contribution in [1.29, 1.82) is 0 Å². The van der Waals surface area contributed by atoms with E-state index in [4.69, 9.17) is 4.74 Å². The lowest BCUT2D eigenvalue weighted by molar-refractivity contribution is -0.120. The van der Waals surface area contributed by atoms with Crippen molar-refractivity contribution in [3.8, 4) is 5.75 Å². The van der Waals surface area contributed by atoms with Crippen LogP contribution >= 0.6 is 11.8 Å².